The van der Waals surface area contributed by atoms with Crippen LogP contribution >= 0.6 is 15.9 Å². The largest absolute Gasteiger partial charge is 0.383 e. The van der Waals surface area contributed by atoms with Gasteiger partial charge in [-0.3, -0.25) is 0 Å². The number of benzene rings is 2. The van der Waals surface area contributed by atoms with E-state index in [0.29, 0.717) is 4.47 Å². The van der Waals surface area contributed by atoms with Crippen LogP contribution in [0.4, 0.5) is 13.2 Å². The number of rotatable bonds is 2. The van der Waals surface area contributed by atoms with Crippen molar-refractivity contribution in [1.29, 1.82) is 0 Å². The molecule has 0 amide bonds. The van der Waals surface area contributed by atoms with Gasteiger partial charge >= 0.3 is 0 Å². The van der Waals surface area contributed by atoms with Gasteiger partial charge < -0.3 is 5.11 Å². The van der Waals surface area contributed by atoms with Crippen LogP contribution in [0.2, 0.25) is 0 Å². The summed E-state index contributed by atoms with van der Waals surface area (Å²) in [6.45, 7) is 0. The second-order valence-electron chi connectivity index (χ2n) is 3.74. The molecule has 1 unspecified atom stereocenters. The van der Waals surface area contributed by atoms with Crippen LogP contribution in [-0.4, -0.2) is 5.11 Å². The summed E-state index contributed by atoms with van der Waals surface area (Å²) in [5.41, 5.74) is -0.416. The predicted molar refractivity (Wildman–Crippen MR) is 64.5 cm³/mol. The van der Waals surface area contributed by atoms with Crippen LogP contribution in [0.3, 0.4) is 0 Å². The van der Waals surface area contributed by atoms with E-state index in [2.05, 4.69) is 15.9 Å². The van der Waals surface area contributed by atoms with Crippen molar-refractivity contribution >= 4 is 15.9 Å². The van der Waals surface area contributed by atoms with Crippen molar-refractivity contribution in [2.45, 2.75) is 6.10 Å². The lowest BCUT2D eigenvalue weighted by atomic mass is 10.0. The van der Waals surface area contributed by atoms with E-state index in [-0.39, 0.29) is 5.56 Å². The molecule has 0 aliphatic heterocycles. The Morgan fingerprint density at radius 3 is 2.17 bits per heavy atom. The van der Waals surface area contributed by atoms with E-state index in [1.807, 2.05) is 0 Å². The van der Waals surface area contributed by atoms with Crippen molar-refractivity contribution in [3.63, 3.8) is 0 Å². The smallest absolute Gasteiger partial charge is 0.132 e. The Hall–Kier alpha value is -1.33. The molecule has 0 saturated carbocycles. The van der Waals surface area contributed by atoms with Crippen LogP contribution < -0.4 is 0 Å². The van der Waals surface area contributed by atoms with E-state index in [4.69, 9.17) is 0 Å². The molecule has 0 radical (unpaired) electrons. The van der Waals surface area contributed by atoms with Crippen molar-refractivity contribution in [1.82, 2.24) is 0 Å². The number of hydrogen-bond donors (Lipinski definition) is 1. The van der Waals surface area contributed by atoms with Gasteiger partial charge in [-0.1, -0.05) is 22.0 Å². The lowest BCUT2D eigenvalue weighted by molar-refractivity contribution is 0.208. The Bertz CT molecular complexity index is 546. The Balaban J connectivity index is 2.51. The molecule has 2 aromatic rings. The average molecular weight is 317 g/mol. The standard InChI is InChI=1S/C13H8BrF3O/c14-8-4-7(5-9(15)6-8)13(18)12-10(16)2-1-3-11(12)17/h1-6,13,18H. The summed E-state index contributed by atoms with van der Waals surface area (Å²) in [6.07, 6.45) is -1.56. The molecule has 2 rings (SSSR count). The van der Waals surface area contributed by atoms with Gasteiger partial charge in [0.15, 0.2) is 0 Å². The van der Waals surface area contributed by atoms with Crippen molar-refractivity contribution in [3.8, 4) is 0 Å². The molecule has 2 aromatic carbocycles. The molecular formula is C13H8BrF3O. The fourth-order valence-corrected chi connectivity index (χ4v) is 2.15. The van der Waals surface area contributed by atoms with E-state index in [9.17, 15) is 18.3 Å². The predicted octanol–water partition coefficient (Wildman–Crippen LogP) is 3.95. The minimum atomic E-state index is -1.56. The minimum absolute atomic E-state index is 0.0749. The van der Waals surface area contributed by atoms with Gasteiger partial charge in [-0.2, -0.15) is 0 Å². The van der Waals surface area contributed by atoms with Gasteiger partial charge in [-0.15, -0.1) is 0 Å². The van der Waals surface area contributed by atoms with E-state index < -0.39 is 29.1 Å². The zero-order valence-corrected chi connectivity index (χ0v) is 10.6. The zero-order valence-electron chi connectivity index (χ0n) is 9.00. The first-order chi connectivity index (χ1) is 8.49. The molecule has 1 atom stereocenters. The molecular weight excluding hydrogens is 309 g/mol. The third-order valence-electron chi connectivity index (χ3n) is 2.47. The fourth-order valence-electron chi connectivity index (χ4n) is 1.67. The Morgan fingerprint density at radius 1 is 1.00 bits per heavy atom. The first-order valence-corrected chi connectivity index (χ1v) is 5.86. The normalized spacial score (nSPS) is 12.5. The van der Waals surface area contributed by atoms with Crippen LogP contribution in [0.25, 0.3) is 0 Å². The maximum atomic E-state index is 13.5. The molecule has 0 spiro atoms. The molecule has 1 nitrogen and oxygen atoms in total. The van der Waals surface area contributed by atoms with Gasteiger partial charge in [0.05, 0.1) is 5.56 Å². The van der Waals surface area contributed by atoms with Gasteiger partial charge in [0.25, 0.3) is 0 Å². The summed E-state index contributed by atoms with van der Waals surface area (Å²) in [5.74, 6) is -2.35. The van der Waals surface area contributed by atoms with Crippen molar-refractivity contribution in [3.05, 3.63) is 69.4 Å². The number of hydrogen-bond acceptors (Lipinski definition) is 1. The minimum Gasteiger partial charge on any atom is -0.383 e. The Morgan fingerprint density at radius 2 is 1.61 bits per heavy atom. The highest BCUT2D eigenvalue weighted by Crippen LogP contribution is 2.29. The van der Waals surface area contributed by atoms with Crippen LogP contribution in [0.1, 0.15) is 17.2 Å². The second-order valence-corrected chi connectivity index (χ2v) is 4.66. The SMILES string of the molecule is OC(c1cc(F)cc(Br)c1)c1c(F)cccc1F. The van der Waals surface area contributed by atoms with E-state index >= 15 is 0 Å². The summed E-state index contributed by atoms with van der Waals surface area (Å²) in [7, 11) is 0. The molecule has 0 saturated heterocycles. The van der Waals surface area contributed by atoms with Gasteiger partial charge in [0, 0.05) is 4.47 Å². The highest BCUT2D eigenvalue weighted by molar-refractivity contribution is 9.10. The van der Waals surface area contributed by atoms with Gasteiger partial charge in [0.1, 0.15) is 23.6 Å². The Labute approximate surface area is 110 Å². The van der Waals surface area contributed by atoms with Crippen molar-refractivity contribution in [2.24, 2.45) is 0 Å². The third-order valence-corrected chi connectivity index (χ3v) is 2.93. The summed E-state index contributed by atoms with van der Waals surface area (Å²) in [6, 6.07) is 6.89. The van der Waals surface area contributed by atoms with Crippen LogP contribution in [0.15, 0.2) is 40.9 Å². The molecule has 0 heterocycles. The molecule has 18 heavy (non-hydrogen) atoms. The molecule has 0 bridgehead atoms. The monoisotopic (exact) mass is 316 g/mol. The van der Waals surface area contributed by atoms with E-state index in [0.717, 1.165) is 18.2 Å². The number of halogens is 4. The lowest BCUT2D eigenvalue weighted by Gasteiger charge is -2.13. The maximum Gasteiger partial charge on any atom is 0.132 e. The molecule has 94 valence electrons. The first kappa shape index (κ1) is 13.1. The number of aliphatic hydroxyl groups excluding tert-OH is 1. The maximum absolute atomic E-state index is 13.5. The molecule has 0 aliphatic carbocycles. The first-order valence-electron chi connectivity index (χ1n) is 5.07. The molecule has 0 aliphatic rings. The van der Waals surface area contributed by atoms with Crippen LogP contribution in [0.5, 0.6) is 0 Å². The summed E-state index contributed by atoms with van der Waals surface area (Å²) < 4.78 is 40.5. The van der Waals surface area contributed by atoms with Crippen LogP contribution in [-0.2, 0) is 0 Å². The Kier molecular flexibility index (Phi) is 3.73. The highest BCUT2D eigenvalue weighted by atomic mass is 79.9. The lowest BCUT2D eigenvalue weighted by Crippen LogP contribution is -2.06. The topological polar surface area (TPSA) is 20.2 Å². The second kappa shape index (κ2) is 5.12. The molecule has 0 fully saturated rings. The van der Waals surface area contributed by atoms with E-state index in [1.54, 1.807) is 0 Å². The van der Waals surface area contributed by atoms with E-state index in [1.165, 1.54) is 18.2 Å². The summed E-state index contributed by atoms with van der Waals surface area (Å²) in [5, 5.41) is 9.93. The molecule has 1 N–H and O–H groups in total. The summed E-state index contributed by atoms with van der Waals surface area (Å²) in [4.78, 5) is 0. The summed E-state index contributed by atoms with van der Waals surface area (Å²) >= 11 is 3.05. The third kappa shape index (κ3) is 2.57. The average Bonchev–Trinajstić information content (AvgIpc) is 2.27. The molecule has 0 aromatic heterocycles. The fraction of sp³-hybridized carbons (Fsp3) is 0.0769. The number of aliphatic hydroxyl groups is 1. The van der Waals surface area contributed by atoms with Gasteiger partial charge in [0.2, 0.25) is 0 Å². The molecule has 5 heteroatoms. The van der Waals surface area contributed by atoms with Gasteiger partial charge in [-0.05, 0) is 35.9 Å². The quantitative estimate of drug-likeness (QED) is 0.889. The highest BCUT2D eigenvalue weighted by Gasteiger charge is 2.20. The zero-order chi connectivity index (χ0) is 13.3. The van der Waals surface area contributed by atoms with Crippen LogP contribution in [0, 0.1) is 17.5 Å². The van der Waals surface area contributed by atoms with Crippen molar-refractivity contribution in [2.75, 3.05) is 0 Å². The van der Waals surface area contributed by atoms with Gasteiger partial charge in [-0.25, -0.2) is 13.2 Å². The van der Waals surface area contributed by atoms with Crippen molar-refractivity contribution < 1.29 is 18.3 Å².